The highest BCUT2D eigenvalue weighted by Gasteiger charge is 2.04. The van der Waals surface area contributed by atoms with E-state index in [1.54, 1.807) is 24.3 Å². The van der Waals surface area contributed by atoms with Gasteiger partial charge in [-0.3, -0.25) is 0 Å². The van der Waals surface area contributed by atoms with E-state index in [0.717, 1.165) is 11.1 Å². The Hall–Kier alpha value is -2.05. The lowest BCUT2D eigenvalue weighted by atomic mass is 10.1. The second kappa shape index (κ2) is 5.29. The van der Waals surface area contributed by atoms with Gasteiger partial charge in [0.05, 0.1) is 4.90 Å². The van der Waals surface area contributed by atoms with Gasteiger partial charge in [-0.05, 0) is 43.3 Å². The quantitative estimate of drug-likeness (QED) is 0.747. The molecule has 0 amide bonds. The van der Waals surface area contributed by atoms with E-state index < -0.39 is 9.84 Å². The van der Waals surface area contributed by atoms with Crippen LogP contribution >= 0.6 is 0 Å². The maximum absolute atomic E-state index is 11.3. The first-order valence-electron chi connectivity index (χ1n) is 5.84. The van der Waals surface area contributed by atoms with Crippen LogP contribution < -0.4 is 0 Å². The zero-order valence-electron chi connectivity index (χ0n) is 10.8. The van der Waals surface area contributed by atoms with Gasteiger partial charge in [-0.1, -0.05) is 29.5 Å². The Morgan fingerprint density at radius 3 is 1.63 bits per heavy atom. The van der Waals surface area contributed by atoms with E-state index in [1.165, 1.54) is 11.8 Å². The molecule has 2 aromatic rings. The van der Waals surface area contributed by atoms with Crippen molar-refractivity contribution < 1.29 is 8.42 Å². The first-order chi connectivity index (χ1) is 8.95. The van der Waals surface area contributed by atoms with Crippen LogP contribution in [0.2, 0.25) is 0 Å². The number of rotatable bonds is 1. The van der Waals surface area contributed by atoms with Crippen molar-refractivity contribution in [1.82, 2.24) is 0 Å². The highest BCUT2D eigenvalue weighted by Crippen LogP contribution is 2.09. The van der Waals surface area contributed by atoms with Crippen LogP contribution in [0.4, 0.5) is 0 Å². The highest BCUT2D eigenvalue weighted by atomic mass is 32.2. The molecular weight excluding hydrogens is 256 g/mol. The molecule has 2 rings (SSSR count). The molecule has 96 valence electrons. The molecule has 0 saturated heterocycles. The lowest BCUT2D eigenvalue weighted by Crippen LogP contribution is -1.96. The smallest absolute Gasteiger partial charge is 0.175 e. The lowest BCUT2D eigenvalue weighted by Gasteiger charge is -1.97. The molecule has 0 radical (unpaired) electrons. The van der Waals surface area contributed by atoms with Crippen molar-refractivity contribution in [2.24, 2.45) is 0 Å². The maximum Gasteiger partial charge on any atom is 0.175 e. The maximum atomic E-state index is 11.3. The van der Waals surface area contributed by atoms with E-state index in [0.29, 0.717) is 4.90 Å². The van der Waals surface area contributed by atoms with Gasteiger partial charge in [0.1, 0.15) is 0 Å². The van der Waals surface area contributed by atoms with Crippen molar-refractivity contribution >= 4 is 9.84 Å². The molecule has 0 heterocycles. The van der Waals surface area contributed by atoms with Gasteiger partial charge in [0, 0.05) is 17.4 Å². The Morgan fingerprint density at radius 2 is 1.21 bits per heavy atom. The second-order valence-corrected chi connectivity index (χ2v) is 6.43. The SMILES string of the molecule is Cc1ccc(C#Cc2ccc(S(C)(=O)=O)cc2)cc1. The van der Waals surface area contributed by atoms with Crippen molar-refractivity contribution in [2.75, 3.05) is 6.26 Å². The monoisotopic (exact) mass is 270 g/mol. The molecule has 3 heteroatoms. The van der Waals surface area contributed by atoms with Crippen LogP contribution in [-0.4, -0.2) is 14.7 Å². The van der Waals surface area contributed by atoms with E-state index >= 15 is 0 Å². The zero-order chi connectivity index (χ0) is 13.9. The van der Waals surface area contributed by atoms with Crippen molar-refractivity contribution in [2.45, 2.75) is 11.8 Å². The van der Waals surface area contributed by atoms with Gasteiger partial charge in [0.25, 0.3) is 0 Å². The Balaban J connectivity index is 2.23. The van der Waals surface area contributed by atoms with E-state index in [1.807, 2.05) is 31.2 Å². The van der Waals surface area contributed by atoms with Gasteiger partial charge in [0.2, 0.25) is 0 Å². The normalized spacial score (nSPS) is 10.6. The molecule has 0 N–H and O–H groups in total. The van der Waals surface area contributed by atoms with Crippen LogP contribution in [0, 0.1) is 18.8 Å². The third kappa shape index (κ3) is 3.70. The topological polar surface area (TPSA) is 34.1 Å². The average Bonchev–Trinajstić information content (AvgIpc) is 2.37. The van der Waals surface area contributed by atoms with Gasteiger partial charge in [0.15, 0.2) is 9.84 Å². The van der Waals surface area contributed by atoms with Gasteiger partial charge < -0.3 is 0 Å². The molecule has 0 aromatic heterocycles. The Kier molecular flexibility index (Phi) is 3.73. The molecule has 0 fully saturated rings. The molecule has 0 aliphatic carbocycles. The molecular formula is C16H14O2S. The Bertz CT molecular complexity index is 728. The van der Waals surface area contributed by atoms with Gasteiger partial charge >= 0.3 is 0 Å². The predicted octanol–water partition coefficient (Wildman–Crippen LogP) is 2.80. The molecule has 0 spiro atoms. The lowest BCUT2D eigenvalue weighted by molar-refractivity contribution is 0.602. The van der Waals surface area contributed by atoms with Crippen LogP contribution in [0.15, 0.2) is 53.4 Å². The predicted molar refractivity (Wildman–Crippen MR) is 76.7 cm³/mol. The third-order valence-corrected chi connectivity index (χ3v) is 3.81. The molecule has 2 aromatic carbocycles. The zero-order valence-corrected chi connectivity index (χ0v) is 11.7. The van der Waals surface area contributed by atoms with Crippen LogP contribution in [-0.2, 0) is 9.84 Å². The summed E-state index contributed by atoms with van der Waals surface area (Å²) in [6.45, 7) is 2.03. The summed E-state index contributed by atoms with van der Waals surface area (Å²) in [5.74, 6) is 6.06. The summed E-state index contributed by atoms with van der Waals surface area (Å²) in [6, 6.07) is 14.5. The number of sulfone groups is 1. The molecule has 0 bridgehead atoms. The molecule has 0 aliphatic heterocycles. The van der Waals surface area contributed by atoms with Crippen molar-refractivity contribution in [3.63, 3.8) is 0 Å². The number of hydrogen-bond acceptors (Lipinski definition) is 2. The fourth-order valence-corrected chi connectivity index (χ4v) is 2.20. The molecule has 0 unspecified atom stereocenters. The summed E-state index contributed by atoms with van der Waals surface area (Å²) in [7, 11) is -3.14. The number of hydrogen-bond donors (Lipinski definition) is 0. The summed E-state index contributed by atoms with van der Waals surface area (Å²) in [5, 5.41) is 0. The van der Waals surface area contributed by atoms with Crippen LogP contribution in [0.25, 0.3) is 0 Å². The number of aryl methyl sites for hydroxylation is 1. The fraction of sp³-hybridized carbons (Fsp3) is 0.125. The summed E-state index contributed by atoms with van der Waals surface area (Å²) in [5.41, 5.74) is 2.94. The average molecular weight is 270 g/mol. The van der Waals surface area contributed by atoms with E-state index in [2.05, 4.69) is 11.8 Å². The first-order valence-corrected chi connectivity index (χ1v) is 7.73. The van der Waals surface area contributed by atoms with Crippen LogP contribution in [0.1, 0.15) is 16.7 Å². The summed E-state index contributed by atoms with van der Waals surface area (Å²) in [4.78, 5) is 0.313. The third-order valence-electron chi connectivity index (χ3n) is 2.69. The first kappa shape index (κ1) is 13.4. The molecule has 0 aliphatic rings. The van der Waals surface area contributed by atoms with Gasteiger partial charge in [-0.25, -0.2) is 8.42 Å². The van der Waals surface area contributed by atoms with E-state index in [9.17, 15) is 8.42 Å². The standard InChI is InChI=1S/C16H14O2S/c1-13-3-5-14(6-4-13)7-8-15-9-11-16(12-10-15)19(2,17)18/h3-6,9-12H,1-2H3. The minimum atomic E-state index is -3.14. The van der Waals surface area contributed by atoms with Crippen molar-refractivity contribution in [3.8, 4) is 11.8 Å². The van der Waals surface area contributed by atoms with E-state index in [-0.39, 0.29) is 0 Å². The second-order valence-electron chi connectivity index (χ2n) is 4.41. The minimum Gasteiger partial charge on any atom is -0.224 e. The Labute approximate surface area is 114 Å². The fourth-order valence-electron chi connectivity index (χ4n) is 1.57. The Morgan fingerprint density at radius 1 is 0.789 bits per heavy atom. The van der Waals surface area contributed by atoms with Crippen LogP contribution in [0.5, 0.6) is 0 Å². The summed E-state index contributed by atoms with van der Waals surface area (Å²) in [6.07, 6.45) is 1.19. The molecule has 0 saturated carbocycles. The summed E-state index contributed by atoms with van der Waals surface area (Å²) < 4.78 is 22.6. The minimum absolute atomic E-state index is 0.313. The van der Waals surface area contributed by atoms with E-state index in [4.69, 9.17) is 0 Å². The largest absolute Gasteiger partial charge is 0.224 e. The van der Waals surface area contributed by atoms with Gasteiger partial charge in [-0.2, -0.15) is 0 Å². The molecule has 2 nitrogen and oxygen atoms in total. The molecule has 0 atom stereocenters. The van der Waals surface area contributed by atoms with Crippen LogP contribution in [0.3, 0.4) is 0 Å². The molecule has 19 heavy (non-hydrogen) atoms. The van der Waals surface area contributed by atoms with Crippen molar-refractivity contribution in [3.05, 3.63) is 65.2 Å². The highest BCUT2D eigenvalue weighted by molar-refractivity contribution is 7.90. The number of benzene rings is 2. The van der Waals surface area contributed by atoms with Crippen molar-refractivity contribution in [1.29, 1.82) is 0 Å². The van der Waals surface area contributed by atoms with Gasteiger partial charge in [-0.15, -0.1) is 0 Å². The summed E-state index contributed by atoms with van der Waals surface area (Å²) >= 11 is 0.